The Morgan fingerprint density at radius 3 is 2.65 bits per heavy atom. The van der Waals surface area contributed by atoms with Crippen molar-refractivity contribution in [3.8, 4) is 0 Å². The molecule has 1 aliphatic carbocycles. The molecule has 2 aliphatic heterocycles. The lowest BCUT2D eigenvalue weighted by Crippen LogP contribution is -2.50. The normalized spacial score (nSPS) is 27.6. The molecule has 0 bridgehead atoms. The second-order valence-electron chi connectivity index (χ2n) is 10.7. The van der Waals surface area contributed by atoms with Crippen LogP contribution in [0.15, 0.2) is 6.20 Å². The quantitative estimate of drug-likeness (QED) is 0.479. The number of carbonyl (C=O) groups is 2. The molecule has 0 radical (unpaired) electrons. The smallest absolute Gasteiger partial charge is 0.248 e. The summed E-state index contributed by atoms with van der Waals surface area (Å²) in [5.41, 5.74) is 0.392. The Morgan fingerprint density at radius 2 is 2.03 bits per heavy atom. The number of aliphatic hydroxyl groups excluding tert-OH is 1. The number of hydrogen-bond acceptors (Lipinski definition) is 8. The Hall–Kier alpha value is -2.05. The molecular weight excluding hydrogens is 462 g/mol. The number of ether oxygens (including phenoxy) is 1. The van der Waals surface area contributed by atoms with Crippen LogP contribution in [-0.4, -0.2) is 94.7 Å². The fourth-order valence-corrected chi connectivity index (χ4v) is 6.35. The highest BCUT2D eigenvalue weighted by atomic mass is 32.2. The molecule has 2 amide bonds. The van der Waals surface area contributed by atoms with E-state index in [0.717, 1.165) is 18.5 Å². The first-order chi connectivity index (χ1) is 15.9. The average molecular weight is 498 g/mol. The van der Waals surface area contributed by atoms with Gasteiger partial charge in [-0.3, -0.25) is 9.59 Å². The van der Waals surface area contributed by atoms with E-state index in [9.17, 15) is 23.1 Å². The molecule has 2 saturated heterocycles. The summed E-state index contributed by atoms with van der Waals surface area (Å²) in [6, 6.07) is -1.47. The first-order valence-electron chi connectivity index (χ1n) is 11.9. The van der Waals surface area contributed by atoms with E-state index in [1.165, 1.54) is 4.90 Å². The molecule has 1 aromatic heterocycles. The maximum atomic E-state index is 13.7. The summed E-state index contributed by atoms with van der Waals surface area (Å²) in [4.78, 5) is 28.0. The average Bonchev–Trinajstić information content (AvgIpc) is 3.17. The van der Waals surface area contributed by atoms with Crippen molar-refractivity contribution in [1.82, 2.24) is 25.2 Å². The fourth-order valence-electron chi connectivity index (χ4n) is 4.74. The third kappa shape index (κ3) is 5.77. The maximum Gasteiger partial charge on any atom is 0.248 e. The van der Waals surface area contributed by atoms with Crippen molar-refractivity contribution in [1.29, 1.82) is 0 Å². The van der Waals surface area contributed by atoms with Crippen LogP contribution in [0.2, 0.25) is 0 Å². The van der Waals surface area contributed by atoms with Crippen LogP contribution >= 0.6 is 0 Å². The van der Waals surface area contributed by atoms with Crippen LogP contribution in [0, 0.1) is 5.41 Å². The Balaban J connectivity index is 1.38. The number of nitrogens with one attached hydrogen (secondary N) is 1. The van der Waals surface area contributed by atoms with E-state index in [1.54, 1.807) is 4.68 Å². The highest BCUT2D eigenvalue weighted by Crippen LogP contribution is 2.40. The number of nitrogens with zero attached hydrogens (tertiary/aromatic N) is 4. The molecule has 34 heavy (non-hydrogen) atoms. The number of rotatable bonds is 8. The highest BCUT2D eigenvalue weighted by molar-refractivity contribution is 7.91. The number of sulfone groups is 1. The van der Waals surface area contributed by atoms with Crippen LogP contribution in [0.3, 0.4) is 0 Å². The molecule has 2 N–H and O–H groups in total. The molecule has 0 aromatic carbocycles. The zero-order valence-corrected chi connectivity index (χ0v) is 20.8. The second kappa shape index (κ2) is 9.54. The zero-order valence-electron chi connectivity index (χ0n) is 20.0. The van der Waals surface area contributed by atoms with Crippen LogP contribution in [0.4, 0.5) is 0 Å². The predicted octanol–water partition coefficient (Wildman–Crippen LogP) is 0.0244. The van der Waals surface area contributed by atoms with Crippen molar-refractivity contribution in [2.24, 2.45) is 5.41 Å². The Morgan fingerprint density at radius 1 is 1.29 bits per heavy atom. The van der Waals surface area contributed by atoms with E-state index < -0.39 is 33.4 Å². The summed E-state index contributed by atoms with van der Waals surface area (Å²) >= 11 is 0. The van der Waals surface area contributed by atoms with Crippen molar-refractivity contribution in [2.75, 3.05) is 31.2 Å². The van der Waals surface area contributed by atoms with Gasteiger partial charge < -0.3 is 20.1 Å². The third-order valence-corrected chi connectivity index (χ3v) is 8.39. The summed E-state index contributed by atoms with van der Waals surface area (Å²) < 4.78 is 30.2. The van der Waals surface area contributed by atoms with Gasteiger partial charge in [-0.1, -0.05) is 26.0 Å². The van der Waals surface area contributed by atoms with Crippen molar-refractivity contribution in [3.05, 3.63) is 11.9 Å². The number of aliphatic hydroxyl groups is 1. The van der Waals surface area contributed by atoms with Gasteiger partial charge in [0.15, 0.2) is 9.84 Å². The Kier molecular flexibility index (Phi) is 7.03. The van der Waals surface area contributed by atoms with E-state index in [4.69, 9.17) is 4.74 Å². The minimum Gasteiger partial charge on any atom is -0.391 e. The summed E-state index contributed by atoms with van der Waals surface area (Å²) in [7, 11) is -3.02. The van der Waals surface area contributed by atoms with Crippen molar-refractivity contribution < 1.29 is 27.9 Å². The summed E-state index contributed by atoms with van der Waals surface area (Å²) in [6.07, 6.45) is 3.46. The van der Waals surface area contributed by atoms with Gasteiger partial charge in [0.1, 0.15) is 12.1 Å². The third-order valence-electron chi connectivity index (χ3n) is 6.65. The molecule has 3 fully saturated rings. The van der Waals surface area contributed by atoms with Crippen molar-refractivity contribution in [3.63, 3.8) is 0 Å². The van der Waals surface area contributed by atoms with E-state index >= 15 is 0 Å². The van der Waals surface area contributed by atoms with Gasteiger partial charge >= 0.3 is 0 Å². The number of aromatic nitrogens is 3. The van der Waals surface area contributed by atoms with E-state index in [0.29, 0.717) is 12.3 Å². The monoisotopic (exact) mass is 497 g/mol. The molecule has 4 rings (SSSR count). The fraction of sp³-hybridized carbons (Fsp3) is 0.818. The molecule has 190 valence electrons. The van der Waals surface area contributed by atoms with Gasteiger partial charge in [-0.25, -0.2) is 13.1 Å². The molecule has 12 heteroatoms. The maximum absolute atomic E-state index is 13.7. The molecule has 3 aliphatic rings. The molecule has 4 atom stereocenters. The second-order valence-corrected chi connectivity index (χ2v) is 13.0. The first-order valence-corrected chi connectivity index (χ1v) is 13.8. The number of β-amino-alcohol motifs (C(OH)–C–C–N with tert-alkyl or cyclic N) is 1. The van der Waals surface area contributed by atoms with Gasteiger partial charge in [-0.2, -0.15) is 0 Å². The zero-order chi connectivity index (χ0) is 24.7. The van der Waals surface area contributed by atoms with Crippen LogP contribution < -0.4 is 5.32 Å². The van der Waals surface area contributed by atoms with Gasteiger partial charge in [0, 0.05) is 31.6 Å². The Labute approximate surface area is 200 Å². The Bertz CT molecular complexity index is 1020. The first kappa shape index (κ1) is 25.1. The minimum atomic E-state index is -3.02. The highest BCUT2D eigenvalue weighted by Gasteiger charge is 2.45. The lowest BCUT2D eigenvalue weighted by molar-refractivity contribution is -0.144. The lowest BCUT2D eigenvalue weighted by Gasteiger charge is -2.34. The number of likely N-dealkylation sites (tertiary alicyclic amines) is 1. The van der Waals surface area contributed by atoms with Crippen LogP contribution in [0.1, 0.15) is 64.1 Å². The van der Waals surface area contributed by atoms with Gasteiger partial charge in [-0.15, -0.1) is 5.10 Å². The van der Waals surface area contributed by atoms with Gasteiger partial charge in [0.25, 0.3) is 0 Å². The summed E-state index contributed by atoms with van der Waals surface area (Å²) in [6.45, 7) is 6.27. The molecule has 1 saturated carbocycles. The molecule has 3 unspecified atom stereocenters. The van der Waals surface area contributed by atoms with Gasteiger partial charge in [0.2, 0.25) is 11.8 Å². The topological polar surface area (TPSA) is 144 Å². The summed E-state index contributed by atoms with van der Waals surface area (Å²) in [5, 5.41) is 21.5. The SMILES string of the molecule is CC(C)(C)[C@@H](C(=O)N1CC(O)CC1C(=O)NCCOC1CCS(=O)(=O)C1)n1cc(C2CC2)nn1. The van der Waals surface area contributed by atoms with Crippen molar-refractivity contribution >= 4 is 21.7 Å². The van der Waals surface area contributed by atoms with Crippen molar-refractivity contribution in [2.45, 2.75) is 76.7 Å². The number of amides is 2. The van der Waals surface area contributed by atoms with E-state index in [-0.39, 0.29) is 55.5 Å². The van der Waals surface area contributed by atoms with E-state index in [2.05, 4.69) is 15.6 Å². The minimum absolute atomic E-state index is 0.0109. The molecule has 11 nitrogen and oxygen atoms in total. The van der Waals surface area contributed by atoms with Crippen LogP contribution in [0.25, 0.3) is 0 Å². The molecule has 1 aromatic rings. The largest absolute Gasteiger partial charge is 0.391 e. The number of carbonyl (C=O) groups excluding carboxylic acids is 2. The lowest BCUT2D eigenvalue weighted by atomic mass is 9.85. The summed E-state index contributed by atoms with van der Waals surface area (Å²) in [5.74, 6) is -0.0922. The van der Waals surface area contributed by atoms with Gasteiger partial charge in [0.05, 0.1) is 36.0 Å². The van der Waals surface area contributed by atoms with Crippen LogP contribution in [-0.2, 0) is 24.2 Å². The molecule has 0 spiro atoms. The molecule has 3 heterocycles. The van der Waals surface area contributed by atoms with E-state index in [1.807, 2.05) is 27.0 Å². The van der Waals surface area contributed by atoms with Crippen LogP contribution in [0.5, 0.6) is 0 Å². The molecular formula is C22H35N5O6S. The predicted molar refractivity (Wildman–Crippen MR) is 123 cm³/mol. The number of hydrogen-bond donors (Lipinski definition) is 2. The standard InChI is InChI=1S/C22H35N5O6S/c1-22(2,3)19(27-12-17(24-25-27)14-4-5-14)21(30)26-11-15(28)10-18(26)20(29)23-7-8-33-16-6-9-34(31,32)13-16/h12,14-16,18-19,28H,4-11,13H2,1-3H3,(H,23,29)/t15?,16?,18?,19-/m1/s1. The van der Waals surface area contributed by atoms with Gasteiger partial charge in [-0.05, 0) is 24.7 Å².